The molecule has 1 aliphatic rings. The average Bonchev–Trinajstić information content (AvgIpc) is 2.82. The second-order valence-corrected chi connectivity index (χ2v) is 3.91. The van der Waals surface area contributed by atoms with Crippen LogP contribution in [0, 0.1) is 10.1 Å². The molecule has 1 N–H and O–H groups in total. The van der Waals surface area contributed by atoms with Crippen molar-refractivity contribution < 1.29 is 9.72 Å². The molecular formula is C11H13N3O3. The highest BCUT2D eigenvalue weighted by atomic mass is 16.6. The smallest absolute Gasteiger partial charge is 0.292 e. The highest BCUT2D eigenvalue weighted by molar-refractivity contribution is 5.80. The number of anilines is 2. The van der Waals surface area contributed by atoms with E-state index in [-0.39, 0.29) is 11.4 Å². The molecule has 1 heterocycles. The molecule has 0 aliphatic carbocycles. The number of rotatable bonds is 4. The Bertz CT molecular complexity index is 442. The molecule has 0 saturated carbocycles. The average molecular weight is 235 g/mol. The molecule has 1 fully saturated rings. The maximum absolute atomic E-state index is 10.8. The number of benzene rings is 1. The first-order chi connectivity index (χ1) is 8.22. The van der Waals surface area contributed by atoms with E-state index in [1.54, 1.807) is 12.1 Å². The number of hydrogen-bond acceptors (Lipinski definition) is 4. The van der Waals surface area contributed by atoms with Gasteiger partial charge >= 0.3 is 0 Å². The molecule has 0 unspecified atom stereocenters. The molecule has 0 aromatic heterocycles. The zero-order valence-electron chi connectivity index (χ0n) is 9.26. The Balaban J connectivity index is 2.33. The summed E-state index contributed by atoms with van der Waals surface area (Å²) in [6.07, 6.45) is 2.72. The molecule has 0 radical (unpaired) electrons. The monoisotopic (exact) mass is 235 g/mol. The zero-order valence-corrected chi connectivity index (χ0v) is 9.26. The van der Waals surface area contributed by atoms with E-state index in [0.717, 1.165) is 31.6 Å². The number of nitro groups is 1. The van der Waals surface area contributed by atoms with Crippen molar-refractivity contribution in [1.82, 2.24) is 0 Å². The van der Waals surface area contributed by atoms with E-state index in [4.69, 9.17) is 0 Å². The summed E-state index contributed by atoms with van der Waals surface area (Å²) in [5, 5.41) is 13.1. The van der Waals surface area contributed by atoms with Crippen molar-refractivity contribution in [2.75, 3.05) is 23.3 Å². The highest BCUT2D eigenvalue weighted by Crippen LogP contribution is 2.30. The summed E-state index contributed by atoms with van der Waals surface area (Å²) in [7, 11) is 0. The summed E-state index contributed by atoms with van der Waals surface area (Å²) in [5.41, 5.74) is 1.08. The van der Waals surface area contributed by atoms with Gasteiger partial charge in [0.1, 0.15) is 5.69 Å². The molecule has 90 valence electrons. The van der Waals surface area contributed by atoms with E-state index in [1.165, 1.54) is 6.07 Å². The largest absolute Gasteiger partial charge is 0.371 e. The quantitative estimate of drug-likeness (QED) is 0.490. The minimum absolute atomic E-state index is 0.0833. The van der Waals surface area contributed by atoms with Gasteiger partial charge < -0.3 is 10.2 Å². The van der Waals surface area contributed by atoms with Gasteiger partial charge in [0.15, 0.2) is 0 Å². The number of amides is 1. The molecule has 6 nitrogen and oxygen atoms in total. The Labute approximate surface area is 98.4 Å². The third kappa shape index (κ3) is 2.35. The minimum Gasteiger partial charge on any atom is -0.371 e. The van der Waals surface area contributed by atoms with E-state index in [9.17, 15) is 14.9 Å². The van der Waals surface area contributed by atoms with Crippen LogP contribution in [0.4, 0.5) is 17.1 Å². The van der Waals surface area contributed by atoms with Gasteiger partial charge in [-0.25, -0.2) is 0 Å². The van der Waals surface area contributed by atoms with Crippen molar-refractivity contribution in [3.8, 4) is 0 Å². The predicted molar refractivity (Wildman–Crippen MR) is 64.2 cm³/mol. The fraction of sp³-hybridized carbons (Fsp3) is 0.364. The maximum atomic E-state index is 10.8. The molecule has 0 spiro atoms. The van der Waals surface area contributed by atoms with Crippen LogP contribution < -0.4 is 10.2 Å². The van der Waals surface area contributed by atoms with Crippen LogP contribution >= 0.6 is 0 Å². The third-order valence-corrected chi connectivity index (χ3v) is 2.86. The van der Waals surface area contributed by atoms with E-state index < -0.39 is 4.92 Å². The van der Waals surface area contributed by atoms with E-state index in [2.05, 4.69) is 10.2 Å². The van der Waals surface area contributed by atoms with Gasteiger partial charge in [-0.15, -0.1) is 0 Å². The van der Waals surface area contributed by atoms with Gasteiger partial charge in [0.05, 0.1) is 4.92 Å². The summed E-state index contributed by atoms with van der Waals surface area (Å²) in [4.78, 5) is 22.9. The predicted octanol–water partition coefficient (Wildman–Crippen LogP) is 1.76. The number of nitrogens with one attached hydrogen (secondary N) is 1. The van der Waals surface area contributed by atoms with Crippen LogP contribution in [-0.4, -0.2) is 24.4 Å². The van der Waals surface area contributed by atoms with Gasteiger partial charge in [-0.2, -0.15) is 0 Å². The fourth-order valence-corrected chi connectivity index (χ4v) is 2.03. The normalized spacial score (nSPS) is 14.7. The first-order valence-electron chi connectivity index (χ1n) is 5.46. The Morgan fingerprint density at radius 2 is 2.06 bits per heavy atom. The zero-order chi connectivity index (χ0) is 12.3. The molecule has 1 aromatic carbocycles. The molecule has 6 heteroatoms. The molecule has 1 saturated heterocycles. The minimum atomic E-state index is -0.500. The van der Waals surface area contributed by atoms with Crippen molar-refractivity contribution in [2.45, 2.75) is 12.8 Å². The number of carbonyl (C=O) groups excluding carboxylic acids is 1. The lowest BCUT2D eigenvalue weighted by atomic mass is 10.2. The summed E-state index contributed by atoms with van der Waals surface area (Å²) in [6, 6.07) is 4.80. The van der Waals surface area contributed by atoms with Crippen molar-refractivity contribution in [2.24, 2.45) is 0 Å². The molecule has 1 aromatic rings. The number of carbonyl (C=O) groups is 1. The van der Waals surface area contributed by atoms with Crippen LogP contribution in [0.1, 0.15) is 12.8 Å². The van der Waals surface area contributed by atoms with E-state index in [0.29, 0.717) is 6.41 Å². The van der Waals surface area contributed by atoms with Gasteiger partial charge in [-0.05, 0) is 25.0 Å². The first-order valence-corrected chi connectivity index (χ1v) is 5.46. The molecular weight excluding hydrogens is 222 g/mol. The summed E-state index contributed by atoms with van der Waals surface area (Å²) in [6.45, 7) is 1.91. The van der Waals surface area contributed by atoms with Crippen molar-refractivity contribution >= 4 is 23.5 Å². The van der Waals surface area contributed by atoms with Gasteiger partial charge in [0.25, 0.3) is 5.69 Å². The van der Waals surface area contributed by atoms with Crippen LogP contribution in [-0.2, 0) is 4.79 Å². The van der Waals surface area contributed by atoms with Crippen molar-refractivity contribution in [3.63, 3.8) is 0 Å². The van der Waals surface area contributed by atoms with Crippen LogP contribution in [0.25, 0.3) is 0 Å². The summed E-state index contributed by atoms with van der Waals surface area (Å²) in [5.74, 6) is 0. The summed E-state index contributed by atoms with van der Waals surface area (Å²) >= 11 is 0. The van der Waals surface area contributed by atoms with Crippen LogP contribution in [0.2, 0.25) is 0 Å². The van der Waals surface area contributed by atoms with E-state index >= 15 is 0 Å². The number of nitrogens with zero attached hydrogens (tertiary/aromatic N) is 2. The Morgan fingerprint density at radius 1 is 1.35 bits per heavy atom. The van der Waals surface area contributed by atoms with Crippen LogP contribution in [0.5, 0.6) is 0 Å². The standard InChI is InChI=1S/C11H13N3O3/c15-8-12-10-7-9(13-5-1-2-6-13)3-4-11(10)14(16)17/h3-4,7-8H,1-2,5-6H2,(H,12,15). The second-order valence-electron chi connectivity index (χ2n) is 3.91. The summed E-state index contributed by atoms with van der Waals surface area (Å²) < 4.78 is 0. The molecule has 17 heavy (non-hydrogen) atoms. The Hall–Kier alpha value is -2.11. The third-order valence-electron chi connectivity index (χ3n) is 2.86. The number of nitro benzene ring substituents is 1. The molecule has 2 rings (SSSR count). The van der Waals surface area contributed by atoms with Crippen molar-refractivity contribution in [3.05, 3.63) is 28.3 Å². The van der Waals surface area contributed by atoms with E-state index in [1.807, 2.05) is 0 Å². The van der Waals surface area contributed by atoms with Crippen LogP contribution in [0.15, 0.2) is 18.2 Å². The second kappa shape index (κ2) is 4.82. The lowest BCUT2D eigenvalue weighted by molar-refractivity contribution is -0.383. The molecule has 0 bridgehead atoms. The first kappa shape index (κ1) is 11.4. The van der Waals surface area contributed by atoms with Gasteiger partial charge in [0.2, 0.25) is 6.41 Å². The maximum Gasteiger partial charge on any atom is 0.292 e. The lowest BCUT2D eigenvalue weighted by Gasteiger charge is -2.18. The SMILES string of the molecule is O=CNc1cc(N2CCCC2)ccc1[N+](=O)[O-]. The molecule has 1 aliphatic heterocycles. The highest BCUT2D eigenvalue weighted by Gasteiger charge is 2.18. The topological polar surface area (TPSA) is 75.5 Å². The molecule has 1 amide bonds. The number of hydrogen-bond donors (Lipinski definition) is 1. The Morgan fingerprint density at radius 3 is 2.65 bits per heavy atom. The van der Waals surface area contributed by atoms with Gasteiger partial charge in [0, 0.05) is 24.8 Å². The van der Waals surface area contributed by atoms with Gasteiger partial charge in [-0.3, -0.25) is 14.9 Å². The fourth-order valence-electron chi connectivity index (χ4n) is 2.03. The Kier molecular flexibility index (Phi) is 3.22. The van der Waals surface area contributed by atoms with Crippen molar-refractivity contribution in [1.29, 1.82) is 0 Å². The van der Waals surface area contributed by atoms with Gasteiger partial charge in [-0.1, -0.05) is 0 Å². The van der Waals surface area contributed by atoms with Crippen LogP contribution in [0.3, 0.4) is 0 Å². The lowest BCUT2D eigenvalue weighted by Crippen LogP contribution is -2.17. The molecule has 0 atom stereocenters.